The van der Waals surface area contributed by atoms with Gasteiger partial charge in [-0.3, -0.25) is 4.79 Å². The second-order valence-electron chi connectivity index (χ2n) is 6.16. The number of halogens is 1. The number of hydrogen-bond donors (Lipinski definition) is 1. The molecule has 134 valence electrons. The second-order valence-corrected chi connectivity index (χ2v) is 6.16. The number of para-hydroxylation sites is 1. The molecule has 0 saturated heterocycles. The quantitative estimate of drug-likeness (QED) is 0.800. The number of hydrogen-bond acceptors (Lipinski definition) is 3. The third-order valence-electron chi connectivity index (χ3n) is 4.14. The van der Waals surface area contributed by atoms with Crippen LogP contribution in [-0.2, 0) is 11.2 Å². The lowest BCUT2D eigenvalue weighted by molar-refractivity contribution is -0.121. The van der Waals surface area contributed by atoms with Crippen molar-refractivity contribution in [3.8, 4) is 5.75 Å². The molecule has 0 radical (unpaired) electrons. The predicted octanol–water partition coefficient (Wildman–Crippen LogP) is 3.19. The molecule has 1 unspecified atom stereocenters. The van der Waals surface area contributed by atoms with Gasteiger partial charge in [-0.1, -0.05) is 30.3 Å². The number of benzene rings is 2. The van der Waals surface area contributed by atoms with E-state index in [9.17, 15) is 9.18 Å². The zero-order chi connectivity index (χ0) is 18.2. The van der Waals surface area contributed by atoms with Crippen LogP contribution in [0.3, 0.4) is 0 Å². The number of methoxy groups -OCH3 is 1. The fraction of sp³-hybridized carbons (Fsp3) is 0.350. The van der Waals surface area contributed by atoms with Crippen LogP contribution in [0.15, 0.2) is 48.5 Å². The van der Waals surface area contributed by atoms with Gasteiger partial charge in [0, 0.05) is 18.5 Å². The Bertz CT molecular complexity index is 704. The van der Waals surface area contributed by atoms with Gasteiger partial charge >= 0.3 is 0 Å². The van der Waals surface area contributed by atoms with Crippen molar-refractivity contribution in [1.29, 1.82) is 0 Å². The summed E-state index contributed by atoms with van der Waals surface area (Å²) in [7, 11) is 5.58. The first-order valence-electron chi connectivity index (χ1n) is 8.31. The van der Waals surface area contributed by atoms with Crippen molar-refractivity contribution in [1.82, 2.24) is 10.2 Å². The minimum absolute atomic E-state index is 0.00858. The molecule has 0 aliphatic rings. The Morgan fingerprint density at radius 1 is 1.20 bits per heavy atom. The van der Waals surface area contributed by atoms with Crippen LogP contribution in [0.5, 0.6) is 5.75 Å². The summed E-state index contributed by atoms with van der Waals surface area (Å²) in [6.07, 6.45) is 0.848. The van der Waals surface area contributed by atoms with E-state index in [1.165, 1.54) is 12.1 Å². The lowest BCUT2D eigenvalue weighted by Gasteiger charge is -2.26. The summed E-state index contributed by atoms with van der Waals surface area (Å²) >= 11 is 0. The van der Waals surface area contributed by atoms with Gasteiger partial charge in [-0.15, -0.1) is 0 Å². The molecule has 0 aliphatic carbocycles. The standard InChI is InChI=1S/C20H25FN2O2/c1-23(2)18(17-9-4-5-10-19(17)25-3)14-22-20(24)12-11-15-7-6-8-16(21)13-15/h4-10,13,18H,11-12,14H2,1-3H3,(H,22,24). The summed E-state index contributed by atoms with van der Waals surface area (Å²) < 4.78 is 18.6. The zero-order valence-corrected chi connectivity index (χ0v) is 15.0. The van der Waals surface area contributed by atoms with E-state index in [4.69, 9.17) is 4.74 Å². The van der Waals surface area contributed by atoms with Gasteiger partial charge in [0.2, 0.25) is 5.91 Å². The molecule has 0 fully saturated rings. The SMILES string of the molecule is COc1ccccc1C(CNC(=O)CCc1cccc(F)c1)N(C)C. The largest absolute Gasteiger partial charge is 0.496 e. The number of ether oxygens (including phenoxy) is 1. The molecule has 0 heterocycles. The number of likely N-dealkylation sites (N-methyl/N-ethyl adjacent to an activating group) is 1. The molecule has 1 N–H and O–H groups in total. The smallest absolute Gasteiger partial charge is 0.220 e. The summed E-state index contributed by atoms with van der Waals surface area (Å²) in [4.78, 5) is 14.2. The number of nitrogens with zero attached hydrogens (tertiary/aromatic N) is 1. The Hall–Kier alpha value is -2.40. The van der Waals surface area contributed by atoms with Crippen molar-refractivity contribution >= 4 is 5.91 Å². The Morgan fingerprint density at radius 3 is 2.64 bits per heavy atom. The minimum atomic E-state index is -0.276. The molecule has 25 heavy (non-hydrogen) atoms. The number of aryl methyl sites for hydroxylation is 1. The maximum absolute atomic E-state index is 13.2. The number of rotatable bonds is 8. The van der Waals surface area contributed by atoms with Crippen molar-refractivity contribution in [3.63, 3.8) is 0 Å². The third kappa shape index (κ3) is 5.57. The highest BCUT2D eigenvalue weighted by Gasteiger charge is 2.18. The molecule has 0 saturated carbocycles. The molecule has 0 spiro atoms. The first kappa shape index (κ1) is 18.9. The molecule has 2 aromatic rings. The topological polar surface area (TPSA) is 41.6 Å². The van der Waals surface area contributed by atoms with Crippen LogP contribution in [0, 0.1) is 5.82 Å². The Balaban J connectivity index is 1.93. The van der Waals surface area contributed by atoms with E-state index in [1.807, 2.05) is 49.3 Å². The Morgan fingerprint density at radius 2 is 1.96 bits per heavy atom. The van der Waals surface area contributed by atoms with Gasteiger partial charge in [0.1, 0.15) is 11.6 Å². The molecule has 0 bridgehead atoms. The molecule has 0 aromatic heterocycles. The van der Waals surface area contributed by atoms with E-state index in [2.05, 4.69) is 5.32 Å². The van der Waals surface area contributed by atoms with Crippen LogP contribution in [0.4, 0.5) is 4.39 Å². The number of carbonyl (C=O) groups excluding carboxylic acids is 1. The Kier molecular flexibility index (Phi) is 6.95. The van der Waals surface area contributed by atoms with Crippen LogP contribution >= 0.6 is 0 Å². The molecule has 1 amide bonds. The van der Waals surface area contributed by atoms with E-state index in [-0.39, 0.29) is 17.8 Å². The van der Waals surface area contributed by atoms with Crippen LogP contribution in [0.25, 0.3) is 0 Å². The third-order valence-corrected chi connectivity index (χ3v) is 4.14. The fourth-order valence-corrected chi connectivity index (χ4v) is 2.76. The second kappa shape index (κ2) is 9.18. The first-order valence-corrected chi connectivity index (χ1v) is 8.31. The average molecular weight is 344 g/mol. The first-order chi connectivity index (χ1) is 12.0. The van der Waals surface area contributed by atoms with Gasteiger partial charge in [0.05, 0.1) is 13.2 Å². The number of amides is 1. The van der Waals surface area contributed by atoms with Crippen molar-refractivity contribution in [2.45, 2.75) is 18.9 Å². The van der Waals surface area contributed by atoms with Gasteiger partial charge in [0.25, 0.3) is 0 Å². The Labute approximate surface area is 148 Å². The number of nitrogens with one attached hydrogen (secondary N) is 1. The van der Waals surface area contributed by atoms with Crippen LogP contribution in [0.1, 0.15) is 23.6 Å². The van der Waals surface area contributed by atoms with Gasteiger partial charge in [0.15, 0.2) is 0 Å². The summed E-state index contributed by atoms with van der Waals surface area (Å²) in [6, 6.07) is 14.2. The lowest BCUT2D eigenvalue weighted by atomic mass is 10.0. The summed E-state index contributed by atoms with van der Waals surface area (Å²) in [6.45, 7) is 0.482. The maximum atomic E-state index is 13.2. The fourth-order valence-electron chi connectivity index (χ4n) is 2.76. The van der Waals surface area contributed by atoms with Gasteiger partial charge in [-0.2, -0.15) is 0 Å². The maximum Gasteiger partial charge on any atom is 0.220 e. The molecule has 4 nitrogen and oxygen atoms in total. The van der Waals surface area contributed by atoms with E-state index in [1.54, 1.807) is 13.2 Å². The van der Waals surface area contributed by atoms with Crippen molar-refractivity contribution in [3.05, 3.63) is 65.5 Å². The normalized spacial score (nSPS) is 12.0. The highest BCUT2D eigenvalue weighted by molar-refractivity contribution is 5.76. The highest BCUT2D eigenvalue weighted by Crippen LogP contribution is 2.27. The van der Waals surface area contributed by atoms with Crippen LogP contribution < -0.4 is 10.1 Å². The summed E-state index contributed by atoms with van der Waals surface area (Å²) in [5, 5.41) is 2.97. The predicted molar refractivity (Wildman–Crippen MR) is 97.2 cm³/mol. The molecule has 2 rings (SSSR count). The van der Waals surface area contributed by atoms with E-state index in [0.29, 0.717) is 19.4 Å². The summed E-state index contributed by atoms with van der Waals surface area (Å²) in [5.74, 6) is 0.475. The van der Waals surface area contributed by atoms with Gasteiger partial charge in [-0.05, 0) is 44.3 Å². The van der Waals surface area contributed by atoms with Crippen molar-refractivity contribution in [2.24, 2.45) is 0 Å². The number of carbonyl (C=O) groups is 1. The lowest BCUT2D eigenvalue weighted by Crippen LogP contribution is -2.34. The van der Waals surface area contributed by atoms with Gasteiger partial charge < -0.3 is 15.0 Å². The average Bonchev–Trinajstić information content (AvgIpc) is 2.60. The monoisotopic (exact) mass is 344 g/mol. The highest BCUT2D eigenvalue weighted by atomic mass is 19.1. The molecular formula is C20H25FN2O2. The minimum Gasteiger partial charge on any atom is -0.496 e. The van der Waals surface area contributed by atoms with Crippen molar-refractivity contribution in [2.75, 3.05) is 27.7 Å². The summed E-state index contributed by atoms with van der Waals surface area (Å²) in [5.41, 5.74) is 1.85. The van der Waals surface area contributed by atoms with E-state index in [0.717, 1.165) is 16.9 Å². The zero-order valence-electron chi connectivity index (χ0n) is 15.0. The van der Waals surface area contributed by atoms with E-state index < -0.39 is 0 Å². The molecule has 2 aromatic carbocycles. The van der Waals surface area contributed by atoms with E-state index >= 15 is 0 Å². The van der Waals surface area contributed by atoms with Crippen LogP contribution in [-0.4, -0.2) is 38.6 Å². The molecule has 1 atom stereocenters. The van der Waals surface area contributed by atoms with Gasteiger partial charge in [-0.25, -0.2) is 4.39 Å². The molecular weight excluding hydrogens is 319 g/mol. The van der Waals surface area contributed by atoms with Crippen molar-refractivity contribution < 1.29 is 13.9 Å². The molecule has 5 heteroatoms. The molecule has 0 aliphatic heterocycles. The van der Waals surface area contributed by atoms with Crippen LogP contribution in [0.2, 0.25) is 0 Å².